The summed E-state index contributed by atoms with van der Waals surface area (Å²) in [6.07, 6.45) is 4.15. The number of ketones is 2. The summed E-state index contributed by atoms with van der Waals surface area (Å²) in [6.45, 7) is 1.76. The van der Waals surface area contributed by atoms with Crippen molar-refractivity contribution < 1.29 is 56.3 Å². The zero-order valence-corrected chi connectivity index (χ0v) is 15.0. The van der Waals surface area contributed by atoms with Gasteiger partial charge in [0.15, 0.2) is 0 Å². The summed E-state index contributed by atoms with van der Waals surface area (Å²) in [5.41, 5.74) is 0. The first-order valence-corrected chi connectivity index (χ1v) is 7.82. The number of rotatable bonds is 12. The molecule has 0 amide bonds. The molecule has 0 heterocycles. The molecule has 0 saturated carbocycles. The van der Waals surface area contributed by atoms with Crippen LogP contribution in [-0.4, -0.2) is 31.1 Å². The summed E-state index contributed by atoms with van der Waals surface area (Å²) in [7, 11) is -4.68. The Hall–Kier alpha value is 0.210. The van der Waals surface area contributed by atoms with Crippen molar-refractivity contribution in [1.82, 2.24) is 0 Å². The summed E-state index contributed by atoms with van der Waals surface area (Å²) in [6, 6.07) is 0. The van der Waals surface area contributed by atoms with Gasteiger partial charge in [-0.1, -0.05) is 19.8 Å². The van der Waals surface area contributed by atoms with Crippen LogP contribution in [0.25, 0.3) is 0 Å². The predicted octanol–water partition coefficient (Wildman–Crippen LogP) is -1.25. The largest absolute Gasteiger partial charge is 1.00 e. The molecule has 0 radical (unpaired) electrons. The van der Waals surface area contributed by atoms with E-state index in [1.54, 1.807) is 0 Å². The SMILES string of the molecule is CCCCCC(=O)CCC(=O)CCCOS(=O)(=O)[O-].[Na+]. The predicted molar refractivity (Wildman–Crippen MR) is 68.3 cm³/mol. The zero-order chi connectivity index (χ0) is 14.7. The standard InChI is InChI=1S/C12H22O6S.Na/c1-2-3-4-6-11(13)8-9-12(14)7-5-10-18-19(15,16)17;/h2-10H2,1H3,(H,15,16,17);/q;+1/p-1. The second kappa shape index (κ2) is 12.9. The Kier molecular flexibility index (Phi) is 14.5. The van der Waals surface area contributed by atoms with Crippen LogP contribution in [0.3, 0.4) is 0 Å². The third kappa shape index (κ3) is 16.3. The van der Waals surface area contributed by atoms with Gasteiger partial charge in [-0.25, -0.2) is 8.42 Å². The van der Waals surface area contributed by atoms with Crippen LogP contribution in [0.5, 0.6) is 0 Å². The number of carbonyl (C=O) groups excluding carboxylic acids is 2. The maximum absolute atomic E-state index is 11.4. The van der Waals surface area contributed by atoms with Crippen molar-refractivity contribution in [3.05, 3.63) is 0 Å². The molecule has 0 aromatic heterocycles. The van der Waals surface area contributed by atoms with E-state index in [2.05, 4.69) is 11.1 Å². The summed E-state index contributed by atoms with van der Waals surface area (Å²) >= 11 is 0. The quantitative estimate of drug-likeness (QED) is 0.193. The molecule has 0 unspecified atom stereocenters. The Balaban J connectivity index is 0. The number of hydrogen-bond acceptors (Lipinski definition) is 6. The molecule has 0 spiro atoms. The molecule has 0 aliphatic heterocycles. The first-order chi connectivity index (χ1) is 8.85. The summed E-state index contributed by atoms with van der Waals surface area (Å²) < 4.78 is 34.3. The third-order valence-electron chi connectivity index (χ3n) is 2.57. The topological polar surface area (TPSA) is 101 Å². The second-order valence-electron chi connectivity index (χ2n) is 4.37. The van der Waals surface area contributed by atoms with E-state index in [-0.39, 0.29) is 73.4 Å². The van der Waals surface area contributed by atoms with Crippen LogP contribution in [0.1, 0.15) is 58.3 Å². The van der Waals surface area contributed by atoms with E-state index >= 15 is 0 Å². The fourth-order valence-electron chi connectivity index (χ4n) is 1.53. The molecule has 0 bridgehead atoms. The van der Waals surface area contributed by atoms with E-state index in [0.29, 0.717) is 6.42 Å². The van der Waals surface area contributed by atoms with Crippen molar-refractivity contribution in [1.29, 1.82) is 0 Å². The van der Waals surface area contributed by atoms with E-state index < -0.39 is 10.4 Å². The Bertz CT molecular complexity index is 379. The van der Waals surface area contributed by atoms with Crippen molar-refractivity contribution >= 4 is 22.0 Å². The van der Waals surface area contributed by atoms with Crippen LogP contribution in [0.15, 0.2) is 0 Å². The maximum atomic E-state index is 11.4. The molecule has 0 rings (SSSR count). The molecule has 0 aromatic rings. The molecule has 6 nitrogen and oxygen atoms in total. The van der Waals surface area contributed by atoms with Gasteiger partial charge < -0.3 is 4.55 Å². The third-order valence-corrected chi connectivity index (χ3v) is 3.02. The summed E-state index contributed by atoms with van der Waals surface area (Å²) in [5, 5.41) is 0. The molecule has 112 valence electrons. The van der Waals surface area contributed by atoms with Gasteiger partial charge in [0.05, 0.1) is 6.61 Å². The molecular weight excluding hydrogens is 295 g/mol. The van der Waals surface area contributed by atoms with Gasteiger partial charge in [0, 0.05) is 25.7 Å². The van der Waals surface area contributed by atoms with Crippen molar-refractivity contribution in [3.8, 4) is 0 Å². The van der Waals surface area contributed by atoms with Gasteiger partial charge in [-0.15, -0.1) is 0 Å². The van der Waals surface area contributed by atoms with Crippen LogP contribution < -0.4 is 29.6 Å². The van der Waals surface area contributed by atoms with Crippen molar-refractivity contribution in [2.24, 2.45) is 0 Å². The van der Waals surface area contributed by atoms with Gasteiger partial charge in [0.25, 0.3) is 0 Å². The minimum Gasteiger partial charge on any atom is -0.726 e. The van der Waals surface area contributed by atoms with Crippen LogP contribution in [0.4, 0.5) is 0 Å². The smallest absolute Gasteiger partial charge is 0.726 e. The number of carbonyl (C=O) groups is 2. The second-order valence-corrected chi connectivity index (χ2v) is 5.42. The first kappa shape index (κ1) is 22.5. The van der Waals surface area contributed by atoms with Gasteiger partial charge in [-0.2, -0.15) is 0 Å². The molecule has 0 N–H and O–H groups in total. The van der Waals surface area contributed by atoms with E-state index in [0.717, 1.165) is 19.3 Å². The average Bonchev–Trinajstić information content (AvgIpc) is 2.31. The van der Waals surface area contributed by atoms with E-state index in [1.807, 2.05) is 0 Å². The fourth-order valence-corrected chi connectivity index (χ4v) is 1.85. The Morgan fingerprint density at radius 2 is 1.45 bits per heavy atom. The molecular formula is C12H21NaO6S. The Morgan fingerprint density at radius 1 is 0.950 bits per heavy atom. The number of hydrogen-bond donors (Lipinski definition) is 0. The number of Topliss-reactive ketones (excluding diaryl/α,β-unsaturated/α-hetero) is 2. The molecule has 20 heavy (non-hydrogen) atoms. The van der Waals surface area contributed by atoms with Gasteiger partial charge >= 0.3 is 29.6 Å². The van der Waals surface area contributed by atoms with Crippen LogP contribution in [0, 0.1) is 0 Å². The summed E-state index contributed by atoms with van der Waals surface area (Å²) in [4.78, 5) is 22.8. The van der Waals surface area contributed by atoms with E-state index in [9.17, 15) is 22.6 Å². The molecule has 0 fully saturated rings. The van der Waals surface area contributed by atoms with Crippen LogP contribution >= 0.6 is 0 Å². The zero-order valence-electron chi connectivity index (χ0n) is 12.2. The molecule has 0 aliphatic carbocycles. The minimum atomic E-state index is -4.68. The van der Waals surface area contributed by atoms with Gasteiger partial charge in [-0.3, -0.25) is 13.8 Å². The van der Waals surface area contributed by atoms with Crippen LogP contribution in [0.2, 0.25) is 0 Å². The molecule has 0 aromatic carbocycles. The normalized spacial score (nSPS) is 10.9. The van der Waals surface area contributed by atoms with E-state index in [1.165, 1.54) is 0 Å². The Morgan fingerprint density at radius 3 is 1.90 bits per heavy atom. The molecule has 0 aliphatic rings. The van der Waals surface area contributed by atoms with Crippen molar-refractivity contribution in [2.75, 3.05) is 6.61 Å². The average molecular weight is 316 g/mol. The maximum Gasteiger partial charge on any atom is 1.00 e. The van der Waals surface area contributed by atoms with Gasteiger partial charge in [0.2, 0.25) is 10.4 Å². The van der Waals surface area contributed by atoms with Gasteiger partial charge in [-0.05, 0) is 12.8 Å². The molecule has 8 heteroatoms. The molecule has 0 atom stereocenters. The first-order valence-electron chi connectivity index (χ1n) is 6.48. The fraction of sp³-hybridized carbons (Fsp3) is 0.833. The van der Waals surface area contributed by atoms with Crippen molar-refractivity contribution in [2.45, 2.75) is 58.3 Å². The van der Waals surface area contributed by atoms with E-state index in [4.69, 9.17) is 0 Å². The Labute approximate surface area is 142 Å². The molecule has 0 saturated heterocycles. The van der Waals surface area contributed by atoms with Gasteiger partial charge in [0.1, 0.15) is 11.6 Å². The number of unbranched alkanes of at least 4 members (excludes halogenated alkanes) is 2. The summed E-state index contributed by atoms with van der Waals surface area (Å²) in [5.74, 6) is -0.0316. The monoisotopic (exact) mass is 316 g/mol. The minimum absolute atomic E-state index is 0. The van der Waals surface area contributed by atoms with Crippen LogP contribution in [-0.2, 0) is 24.2 Å². The van der Waals surface area contributed by atoms with Crippen molar-refractivity contribution in [3.63, 3.8) is 0 Å².